The summed E-state index contributed by atoms with van der Waals surface area (Å²) in [6, 6.07) is 6.25. The van der Waals surface area contributed by atoms with Gasteiger partial charge >= 0.3 is 0 Å². The second-order valence-electron chi connectivity index (χ2n) is 7.00. The predicted octanol–water partition coefficient (Wildman–Crippen LogP) is 5.62. The van der Waals surface area contributed by atoms with Crippen LogP contribution >= 0.6 is 15.9 Å². The highest BCUT2D eigenvalue weighted by molar-refractivity contribution is 9.10. The molecule has 0 aliphatic rings. The minimum absolute atomic E-state index is 0.200. The van der Waals surface area contributed by atoms with Crippen LogP contribution in [-0.2, 0) is 6.54 Å². The highest BCUT2D eigenvalue weighted by Crippen LogP contribution is 2.24. The number of unbranched alkanes of at least 4 members (excludes halogenated alkanes) is 2. The molecule has 0 fully saturated rings. The summed E-state index contributed by atoms with van der Waals surface area (Å²) in [6.45, 7) is 14.3. The number of hydrogen-bond acceptors (Lipinski definition) is 3. The van der Waals surface area contributed by atoms with E-state index in [-0.39, 0.29) is 6.10 Å². The first kappa shape index (κ1) is 22.5. The molecule has 0 radical (unpaired) electrons. The Kier molecular flexibility index (Phi) is 12.2. The number of ether oxygens (including phenoxy) is 1. The Morgan fingerprint density at radius 3 is 2.28 bits per heavy atom. The molecule has 1 aromatic carbocycles. The van der Waals surface area contributed by atoms with E-state index in [0.717, 1.165) is 23.3 Å². The molecule has 0 atom stereocenters. The first-order valence-corrected chi connectivity index (χ1v) is 10.7. The van der Waals surface area contributed by atoms with E-state index >= 15 is 0 Å². The molecular weight excluding hydrogens is 376 g/mol. The van der Waals surface area contributed by atoms with Gasteiger partial charge in [-0.3, -0.25) is 0 Å². The van der Waals surface area contributed by atoms with Gasteiger partial charge in [0.15, 0.2) is 0 Å². The molecule has 0 amide bonds. The molecule has 25 heavy (non-hydrogen) atoms. The van der Waals surface area contributed by atoms with Gasteiger partial charge in [-0.25, -0.2) is 0 Å². The maximum absolute atomic E-state index is 5.92. The van der Waals surface area contributed by atoms with Crippen molar-refractivity contribution in [1.29, 1.82) is 0 Å². The van der Waals surface area contributed by atoms with Crippen LogP contribution in [0.4, 0.5) is 0 Å². The number of rotatable bonds is 14. The van der Waals surface area contributed by atoms with Gasteiger partial charge in [-0.15, -0.1) is 0 Å². The highest BCUT2D eigenvalue weighted by Gasteiger charge is 2.07. The van der Waals surface area contributed by atoms with Crippen LogP contribution in [0.25, 0.3) is 0 Å². The zero-order chi connectivity index (χ0) is 18.5. The maximum Gasteiger partial charge on any atom is 0.124 e. The average molecular weight is 413 g/mol. The molecule has 144 valence electrons. The standard InChI is InChI=1S/C21H37BrN2O/c1-5-7-13-24(14-8-6-2)15-9-12-23-17-19-16-20(22)10-11-21(19)25-18(3)4/h10-11,16,18,23H,5-9,12-15,17H2,1-4H3. The van der Waals surface area contributed by atoms with Gasteiger partial charge in [0, 0.05) is 16.6 Å². The Morgan fingerprint density at radius 2 is 1.68 bits per heavy atom. The van der Waals surface area contributed by atoms with Gasteiger partial charge < -0.3 is 15.0 Å². The molecule has 4 heteroatoms. The number of benzene rings is 1. The largest absolute Gasteiger partial charge is 0.491 e. The third-order valence-corrected chi connectivity index (χ3v) is 4.68. The highest BCUT2D eigenvalue weighted by atomic mass is 79.9. The molecule has 0 spiro atoms. The van der Waals surface area contributed by atoms with Gasteiger partial charge in [-0.2, -0.15) is 0 Å². The SMILES string of the molecule is CCCCN(CCCC)CCCNCc1cc(Br)ccc1OC(C)C. The summed E-state index contributed by atoms with van der Waals surface area (Å²) in [4.78, 5) is 2.63. The van der Waals surface area contributed by atoms with Gasteiger partial charge in [-0.1, -0.05) is 42.6 Å². The molecule has 0 aromatic heterocycles. The summed E-state index contributed by atoms with van der Waals surface area (Å²) in [7, 11) is 0. The lowest BCUT2D eigenvalue weighted by Crippen LogP contribution is -2.29. The lowest BCUT2D eigenvalue weighted by molar-refractivity contribution is 0.239. The summed E-state index contributed by atoms with van der Waals surface area (Å²) in [6.07, 6.45) is 6.58. The van der Waals surface area contributed by atoms with E-state index in [1.807, 2.05) is 6.07 Å². The Hall–Kier alpha value is -0.580. The van der Waals surface area contributed by atoms with E-state index in [0.29, 0.717) is 0 Å². The Bertz CT molecular complexity index is 457. The Labute approximate surface area is 163 Å². The van der Waals surface area contributed by atoms with Gasteiger partial charge in [0.05, 0.1) is 6.10 Å². The molecule has 0 saturated heterocycles. The van der Waals surface area contributed by atoms with Crippen molar-refractivity contribution in [3.63, 3.8) is 0 Å². The van der Waals surface area contributed by atoms with Gasteiger partial charge in [0.2, 0.25) is 0 Å². The van der Waals surface area contributed by atoms with Crippen molar-refractivity contribution in [3.8, 4) is 5.75 Å². The van der Waals surface area contributed by atoms with Crippen molar-refractivity contribution < 1.29 is 4.74 Å². The fourth-order valence-corrected chi connectivity index (χ4v) is 3.21. The molecule has 0 bridgehead atoms. The average Bonchev–Trinajstić information content (AvgIpc) is 2.58. The molecule has 1 aromatic rings. The summed E-state index contributed by atoms with van der Waals surface area (Å²) >= 11 is 3.56. The first-order chi connectivity index (χ1) is 12.1. The van der Waals surface area contributed by atoms with Crippen LogP contribution < -0.4 is 10.1 Å². The van der Waals surface area contributed by atoms with Crippen LogP contribution in [0, 0.1) is 0 Å². The van der Waals surface area contributed by atoms with E-state index in [1.165, 1.54) is 57.3 Å². The van der Waals surface area contributed by atoms with E-state index in [4.69, 9.17) is 4.74 Å². The normalized spacial score (nSPS) is 11.5. The molecule has 3 nitrogen and oxygen atoms in total. The van der Waals surface area contributed by atoms with E-state index in [9.17, 15) is 0 Å². The fourth-order valence-electron chi connectivity index (χ4n) is 2.80. The first-order valence-electron chi connectivity index (χ1n) is 9.95. The number of hydrogen-bond donors (Lipinski definition) is 1. The second kappa shape index (κ2) is 13.6. The number of nitrogens with zero attached hydrogens (tertiary/aromatic N) is 1. The molecule has 0 unspecified atom stereocenters. The van der Waals surface area contributed by atoms with Crippen molar-refractivity contribution in [2.75, 3.05) is 26.2 Å². The molecule has 1 rings (SSSR count). The van der Waals surface area contributed by atoms with E-state index < -0.39 is 0 Å². The van der Waals surface area contributed by atoms with Crippen LogP contribution in [0.2, 0.25) is 0 Å². The molecule has 0 aliphatic heterocycles. The summed E-state index contributed by atoms with van der Waals surface area (Å²) in [5.74, 6) is 0.984. The molecule has 1 N–H and O–H groups in total. The van der Waals surface area contributed by atoms with Crippen molar-refractivity contribution in [2.24, 2.45) is 0 Å². The molecular formula is C21H37BrN2O. The van der Waals surface area contributed by atoms with Crippen LogP contribution in [-0.4, -0.2) is 37.2 Å². The fraction of sp³-hybridized carbons (Fsp3) is 0.714. The van der Waals surface area contributed by atoms with Crippen molar-refractivity contribution in [3.05, 3.63) is 28.2 Å². The minimum Gasteiger partial charge on any atom is -0.491 e. The van der Waals surface area contributed by atoms with Gasteiger partial charge in [0.25, 0.3) is 0 Å². The predicted molar refractivity (Wildman–Crippen MR) is 112 cm³/mol. The summed E-state index contributed by atoms with van der Waals surface area (Å²) < 4.78 is 7.02. The number of nitrogens with one attached hydrogen (secondary N) is 1. The monoisotopic (exact) mass is 412 g/mol. The Morgan fingerprint density at radius 1 is 1.04 bits per heavy atom. The van der Waals surface area contributed by atoms with Crippen molar-refractivity contribution >= 4 is 15.9 Å². The third-order valence-electron chi connectivity index (χ3n) is 4.18. The lowest BCUT2D eigenvalue weighted by atomic mass is 10.2. The Balaban J connectivity index is 2.37. The van der Waals surface area contributed by atoms with Crippen LogP contribution in [0.15, 0.2) is 22.7 Å². The smallest absolute Gasteiger partial charge is 0.124 e. The van der Waals surface area contributed by atoms with Gasteiger partial charge in [-0.05, 0) is 77.5 Å². The summed E-state index contributed by atoms with van der Waals surface area (Å²) in [5, 5.41) is 3.58. The van der Waals surface area contributed by atoms with E-state index in [1.54, 1.807) is 0 Å². The molecule has 0 saturated carbocycles. The minimum atomic E-state index is 0.200. The van der Waals surface area contributed by atoms with Crippen LogP contribution in [0.3, 0.4) is 0 Å². The topological polar surface area (TPSA) is 24.5 Å². The van der Waals surface area contributed by atoms with Crippen molar-refractivity contribution in [2.45, 2.75) is 72.4 Å². The maximum atomic E-state index is 5.92. The number of halogens is 1. The van der Waals surface area contributed by atoms with Crippen LogP contribution in [0.5, 0.6) is 5.75 Å². The van der Waals surface area contributed by atoms with Crippen molar-refractivity contribution in [1.82, 2.24) is 10.2 Å². The second-order valence-corrected chi connectivity index (χ2v) is 7.91. The zero-order valence-electron chi connectivity index (χ0n) is 16.6. The van der Waals surface area contributed by atoms with Gasteiger partial charge in [0.1, 0.15) is 5.75 Å². The van der Waals surface area contributed by atoms with Crippen LogP contribution in [0.1, 0.15) is 65.4 Å². The molecule has 0 aliphatic carbocycles. The third kappa shape index (κ3) is 10.2. The molecule has 0 heterocycles. The quantitative estimate of drug-likeness (QED) is 0.401. The summed E-state index contributed by atoms with van der Waals surface area (Å²) in [5.41, 5.74) is 1.22. The van der Waals surface area contributed by atoms with E-state index in [2.05, 4.69) is 66.0 Å². The zero-order valence-corrected chi connectivity index (χ0v) is 18.2. The lowest BCUT2D eigenvalue weighted by Gasteiger charge is -2.22.